The summed E-state index contributed by atoms with van der Waals surface area (Å²) in [6.07, 6.45) is 23.0. The maximum atomic E-state index is 12.0. The fourth-order valence-electron chi connectivity index (χ4n) is 2.99. The summed E-state index contributed by atoms with van der Waals surface area (Å²) in [6.45, 7) is 2.11. The van der Waals surface area contributed by atoms with Crippen LogP contribution in [0.1, 0.15) is 51.9 Å². The first-order chi connectivity index (χ1) is 12.2. The Hall–Kier alpha value is -2.16. The van der Waals surface area contributed by atoms with Gasteiger partial charge in [-0.15, -0.1) is 0 Å². The van der Waals surface area contributed by atoms with Gasteiger partial charge in [-0.05, 0) is 31.8 Å². The average Bonchev–Trinajstić information content (AvgIpc) is 2.94. The van der Waals surface area contributed by atoms with Crippen LogP contribution in [-0.4, -0.2) is 17.9 Å². The number of carbonyl (C=O) groups excluding carboxylic acids is 2. The summed E-state index contributed by atoms with van der Waals surface area (Å²) < 4.78 is 5.62. The van der Waals surface area contributed by atoms with E-state index in [1.54, 1.807) is 6.08 Å². The molecule has 0 amide bonds. The van der Waals surface area contributed by atoms with Crippen LogP contribution in [0.5, 0.6) is 0 Å². The fraction of sp³-hybridized carbons (Fsp3) is 0.455. The van der Waals surface area contributed by atoms with E-state index in [4.69, 9.17) is 4.74 Å². The molecule has 0 aromatic heterocycles. The zero-order chi connectivity index (χ0) is 17.9. The van der Waals surface area contributed by atoms with Crippen molar-refractivity contribution in [1.82, 2.24) is 0 Å². The maximum absolute atomic E-state index is 12.0. The molecule has 3 nitrogen and oxygen atoms in total. The smallest absolute Gasteiger partial charge is 0.306 e. The molecule has 0 fully saturated rings. The number of esters is 1. The van der Waals surface area contributed by atoms with Gasteiger partial charge in [0.1, 0.15) is 6.10 Å². The number of hydrogen-bond acceptors (Lipinski definition) is 3. The third kappa shape index (κ3) is 6.69. The first-order valence-electron chi connectivity index (χ1n) is 9.27. The Kier molecular flexibility index (Phi) is 8.17. The largest absolute Gasteiger partial charge is 0.462 e. The lowest BCUT2D eigenvalue weighted by molar-refractivity contribution is -0.148. The minimum atomic E-state index is -0.205. The molecule has 2 aliphatic rings. The number of cyclic esters (lactones) is 1. The third-order valence-electron chi connectivity index (χ3n) is 4.37. The standard InChI is InChI=1S/C22H28O3/c1-2-3-4-5-6-9-12-19-15-16-20-18(14-17-21(20)23)11-8-7-10-13-22(24)25-19/h3-4,6-9,14,16-19H,2,5,10-13,15H2,1H3/b4-3-,8-7-,9-6-,20-16+/t18-,19+/m1/s1. The normalized spacial score (nSPS) is 28.3. The molecular weight excluding hydrogens is 312 g/mol. The van der Waals surface area contributed by atoms with Crippen molar-refractivity contribution in [1.29, 1.82) is 0 Å². The molecule has 0 spiro atoms. The average molecular weight is 340 g/mol. The van der Waals surface area contributed by atoms with Crippen LogP contribution in [0.25, 0.3) is 0 Å². The van der Waals surface area contributed by atoms with Crippen LogP contribution < -0.4 is 0 Å². The molecule has 1 heterocycles. The predicted molar refractivity (Wildman–Crippen MR) is 101 cm³/mol. The summed E-state index contributed by atoms with van der Waals surface area (Å²) in [4.78, 5) is 24.0. The molecule has 0 radical (unpaired) electrons. The highest BCUT2D eigenvalue weighted by Crippen LogP contribution is 2.27. The van der Waals surface area contributed by atoms with E-state index in [0.717, 1.165) is 24.8 Å². The van der Waals surface area contributed by atoms with Crippen molar-refractivity contribution < 1.29 is 14.3 Å². The minimum absolute atomic E-state index is 0.0841. The maximum Gasteiger partial charge on any atom is 0.306 e. The van der Waals surface area contributed by atoms with Gasteiger partial charge in [0.25, 0.3) is 0 Å². The lowest BCUT2D eigenvalue weighted by atomic mass is 9.95. The van der Waals surface area contributed by atoms with E-state index in [1.165, 1.54) is 0 Å². The van der Waals surface area contributed by atoms with Gasteiger partial charge in [0.15, 0.2) is 5.78 Å². The Morgan fingerprint density at radius 1 is 1.12 bits per heavy atom. The molecule has 1 aliphatic heterocycles. The Labute approximate surface area is 150 Å². The Morgan fingerprint density at radius 3 is 2.80 bits per heavy atom. The SMILES string of the molecule is CC/C=C\C/C=C\C[C@H]1C/C=C2/C(=O)C=C[C@H]2C/C=C\CCC(=O)O1. The summed E-state index contributed by atoms with van der Waals surface area (Å²) in [5.74, 6) is 0.0790. The number of carbonyl (C=O) groups is 2. The molecule has 1 aliphatic carbocycles. The third-order valence-corrected chi connectivity index (χ3v) is 4.37. The van der Waals surface area contributed by atoms with Gasteiger partial charge in [-0.1, -0.05) is 55.5 Å². The Balaban J connectivity index is 2.02. The molecule has 0 saturated carbocycles. The van der Waals surface area contributed by atoms with Crippen molar-refractivity contribution in [3.8, 4) is 0 Å². The molecule has 0 aromatic rings. The first kappa shape index (κ1) is 19.2. The molecule has 3 heteroatoms. The number of rotatable bonds is 5. The molecule has 0 aromatic carbocycles. The lowest BCUT2D eigenvalue weighted by Gasteiger charge is -2.16. The number of hydrogen-bond donors (Lipinski definition) is 0. The van der Waals surface area contributed by atoms with Crippen LogP contribution in [0, 0.1) is 5.92 Å². The molecule has 2 atom stereocenters. The van der Waals surface area contributed by atoms with E-state index in [9.17, 15) is 9.59 Å². The van der Waals surface area contributed by atoms with Gasteiger partial charge >= 0.3 is 5.97 Å². The molecular formula is C22H28O3. The van der Waals surface area contributed by atoms with Crippen molar-refractivity contribution in [2.24, 2.45) is 5.92 Å². The molecule has 0 unspecified atom stereocenters. The van der Waals surface area contributed by atoms with E-state index < -0.39 is 0 Å². The van der Waals surface area contributed by atoms with Gasteiger partial charge in [-0.2, -0.15) is 0 Å². The topological polar surface area (TPSA) is 43.4 Å². The van der Waals surface area contributed by atoms with Gasteiger partial charge in [0, 0.05) is 30.8 Å². The van der Waals surface area contributed by atoms with E-state index in [1.807, 2.05) is 18.2 Å². The van der Waals surface area contributed by atoms with E-state index in [0.29, 0.717) is 25.7 Å². The van der Waals surface area contributed by atoms with Crippen LogP contribution in [0.15, 0.2) is 60.3 Å². The zero-order valence-electron chi connectivity index (χ0n) is 15.0. The van der Waals surface area contributed by atoms with Crippen molar-refractivity contribution >= 4 is 11.8 Å². The van der Waals surface area contributed by atoms with Gasteiger partial charge in [-0.25, -0.2) is 0 Å². The van der Waals surface area contributed by atoms with Crippen molar-refractivity contribution in [3.63, 3.8) is 0 Å². The summed E-state index contributed by atoms with van der Waals surface area (Å²) in [6, 6.07) is 0. The van der Waals surface area contributed by atoms with Crippen LogP contribution >= 0.6 is 0 Å². The molecule has 0 N–H and O–H groups in total. The fourth-order valence-corrected chi connectivity index (χ4v) is 2.99. The highest BCUT2D eigenvalue weighted by atomic mass is 16.5. The highest BCUT2D eigenvalue weighted by Gasteiger charge is 2.23. The van der Waals surface area contributed by atoms with Crippen LogP contribution in [0.4, 0.5) is 0 Å². The number of allylic oxidation sites excluding steroid dienone is 8. The predicted octanol–water partition coefficient (Wildman–Crippen LogP) is 5.01. The minimum Gasteiger partial charge on any atom is -0.462 e. The Bertz CT molecular complexity index is 605. The summed E-state index contributed by atoms with van der Waals surface area (Å²) in [5, 5.41) is 0. The Morgan fingerprint density at radius 2 is 1.96 bits per heavy atom. The van der Waals surface area contributed by atoms with Crippen LogP contribution in [0.3, 0.4) is 0 Å². The number of ether oxygens (including phenoxy) is 1. The second-order valence-corrected chi connectivity index (χ2v) is 6.41. The monoisotopic (exact) mass is 340 g/mol. The molecule has 0 bridgehead atoms. The van der Waals surface area contributed by atoms with Crippen molar-refractivity contribution in [2.45, 2.75) is 58.0 Å². The van der Waals surface area contributed by atoms with E-state index >= 15 is 0 Å². The highest BCUT2D eigenvalue weighted by molar-refractivity contribution is 6.07. The molecule has 134 valence electrons. The van der Waals surface area contributed by atoms with Gasteiger partial charge < -0.3 is 4.74 Å². The molecule has 0 saturated heterocycles. The van der Waals surface area contributed by atoms with Gasteiger partial charge in [-0.3, -0.25) is 9.59 Å². The van der Waals surface area contributed by atoms with E-state index in [-0.39, 0.29) is 23.8 Å². The lowest BCUT2D eigenvalue weighted by Crippen LogP contribution is -2.18. The summed E-state index contributed by atoms with van der Waals surface area (Å²) >= 11 is 0. The van der Waals surface area contributed by atoms with Crippen molar-refractivity contribution in [3.05, 3.63) is 60.3 Å². The summed E-state index contributed by atoms with van der Waals surface area (Å²) in [7, 11) is 0. The van der Waals surface area contributed by atoms with Crippen LogP contribution in [-0.2, 0) is 14.3 Å². The second kappa shape index (κ2) is 10.7. The first-order valence-corrected chi connectivity index (χ1v) is 9.27. The summed E-state index contributed by atoms with van der Waals surface area (Å²) in [5.41, 5.74) is 0.834. The van der Waals surface area contributed by atoms with Crippen molar-refractivity contribution in [2.75, 3.05) is 0 Å². The second-order valence-electron chi connectivity index (χ2n) is 6.41. The zero-order valence-corrected chi connectivity index (χ0v) is 15.0. The van der Waals surface area contributed by atoms with Crippen LogP contribution in [0.2, 0.25) is 0 Å². The van der Waals surface area contributed by atoms with Gasteiger partial charge in [0.2, 0.25) is 0 Å². The van der Waals surface area contributed by atoms with E-state index in [2.05, 4.69) is 37.3 Å². The molecule has 25 heavy (non-hydrogen) atoms. The number of ketones is 1. The quantitative estimate of drug-likeness (QED) is 0.522. The molecule has 2 rings (SSSR count). The van der Waals surface area contributed by atoms with Gasteiger partial charge in [0.05, 0.1) is 0 Å². The number of fused-ring (bicyclic) bond motifs is 1.